The smallest absolute Gasteiger partial charge is 0.255 e. The van der Waals surface area contributed by atoms with E-state index in [1.54, 1.807) is 18.2 Å². The van der Waals surface area contributed by atoms with Crippen LogP contribution in [-0.4, -0.2) is 41.7 Å². The largest absolute Gasteiger partial charge is 0.338 e. The Hall–Kier alpha value is -3.49. The van der Waals surface area contributed by atoms with Gasteiger partial charge in [0.1, 0.15) is 5.82 Å². The number of benzene rings is 3. The molecule has 1 saturated heterocycles. The van der Waals surface area contributed by atoms with Crippen molar-refractivity contribution in [2.24, 2.45) is 0 Å². The number of para-hydroxylation sites is 2. The summed E-state index contributed by atoms with van der Waals surface area (Å²) in [7, 11) is -3.50. The van der Waals surface area contributed by atoms with E-state index in [0.717, 1.165) is 35.3 Å². The van der Waals surface area contributed by atoms with Gasteiger partial charge < -0.3 is 10.3 Å². The molecule has 0 radical (unpaired) electrons. The second-order valence-electron chi connectivity index (χ2n) is 7.77. The standard InChI is InChI=1S/C24H22N4O3S/c29-24(17-10-12-20(13-11-17)32(30,31)28-14-3-4-15-28)25-19-7-5-6-18(16-19)23-26-21-8-1-2-9-22(21)27-23/h1-2,5-13,16H,3-4,14-15H2,(H,25,29)(H,26,27). The molecule has 5 rings (SSSR count). The van der Waals surface area contributed by atoms with E-state index in [1.807, 2.05) is 42.5 Å². The van der Waals surface area contributed by atoms with Crippen LogP contribution < -0.4 is 5.32 Å². The molecule has 32 heavy (non-hydrogen) atoms. The third-order valence-electron chi connectivity index (χ3n) is 5.60. The van der Waals surface area contributed by atoms with Crippen LogP contribution in [0.15, 0.2) is 77.7 Å². The van der Waals surface area contributed by atoms with E-state index in [-0.39, 0.29) is 10.8 Å². The molecule has 7 nitrogen and oxygen atoms in total. The molecule has 0 saturated carbocycles. The lowest BCUT2D eigenvalue weighted by atomic mass is 10.1. The van der Waals surface area contributed by atoms with Crippen LogP contribution in [0.4, 0.5) is 5.69 Å². The van der Waals surface area contributed by atoms with Crippen molar-refractivity contribution in [3.8, 4) is 11.4 Å². The molecular weight excluding hydrogens is 424 g/mol. The summed E-state index contributed by atoms with van der Waals surface area (Å²) in [6.45, 7) is 1.10. The van der Waals surface area contributed by atoms with Crippen LogP contribution >= 0.6 is 0 Å². The molecule has 1 aliphatic rings. The fraction of sp³-hybridized carbons (Fsp3) is 0.167. The quantitative estimate of drug-likeness (QED) is 0.479. The second kappa shape index (κ2) is 8.22. The van der Waals surface area contributed by atoms with Crippen LogP contribution in [0, 0.1) is 0 Å². The number of fused-ring (bicyclic) bond motifs is 1. The average molecular weight is 447 g/mol. The molecular formula is C24H22N4O3S. The van der Waals surface area contributed by atoms with Gasteiger partial charge in [0.2, 0.25) is 10.0 Å². The van der Waals surface area contributed by atoms with Gasteiger partial charge in [-0.2, -0.15) is 4.31 Å². The number of carbonyl (C=O) groups is 1. The van der Waals surface area contributed by atoms with Crippen LogP contribution in [0.3, 0.4) is 0 Å². The molecule has 1 fully saturated rings. The summed E-state index contributed by atoms with van der Waals surface area (Å²) in [5, 5.41) is 2.87. The maximum atomic E-state index is 12.7. The van der Waals surface area contributed by atoms with Crippen LogP contribution in [-0.2, 0) is 10.0 Å². The highest BCUT2D eigenvalue weighted by Crippen LogP contribution is 2.24. The van der Waals surface area contributed by atoms with Gasteiger partial charge in [-0.3, -0.25) is 4.79 Å². The summed E-state index contributed by atoms with van der Waals surface area (Å²) in [5.41, 5.74) is 3.69. The first-order chi connectivity index (χ1) is 15.5. The number of imidazole rings is 1. The second-order valence-corrected chi connectivity index (χ2v) is 9.71. The third-order valence-corrected chi connectivity index (χ3v) is 7.52. The van der Waals surface area contributed by atoms with Crippen molar-refractivity contribution < 1.29 is 13.2 Å². The highest BCUT2D eigenvalue weighted by Gasteiger charge is 2.27. The summed E-state index contributed by atoms with van der Waals surface area (Å²) in [6.07, 6.45) is 1.76. The molecule has 1 aromatic heterocycles. The van der Waals surface area contributed by atoms with Crippen LogP contribution in [0.1, 0.15) is 23.2 Å². The van der Waals surface area contributed by atoms with E-state index in [4.69, 9.17) is 0 Å². The lowest BCUT2D eigenvalue weighted by Gasteiger charge is -2.15. The van der Waals surface area contributed by atoms with E-state index in [2.05, 4.69) is 15.3 Å². The Morgan fingerprint density at radius 3 is 2.44 bits per heavy atom. The van der Waals surface area contributed by atoms with Crippen molar-refractivity contribution in [1.29, 1.82) is 0 Å². The molecule has 0 bridgehead atoms. The van der Waals surface area contributed by atoms with Crippen molar-refractivity contribution in [2.75, 3.05) is 18.4 Å². The zero-order valence-corrected chi connectivity index (χ0v) is 18.1. The Morgan fingerprint density at radius 1 is 0.938 bits per heavy atom. The molecule has 0 aliphatic carbocycles. The van der Waals surface area contributed by atoms with Gasteiger partial charge >= 0.3 is 0 Å². The Bertz CT molecular complexity index is 1360. The SMILES string of the molecule is O=C(Nc1cccc(-c2nc3ccccc3[nH]2)c1)c1ccc(S(=O)(=O)N2CCCC2)cc1. The minimum atomic E-state index is -3.50. The van der Waals surface area contributed by atoms with Gasteiger partial charge in [0.25, 0.3) is 5.91 Å². The molecule has 1 amide bonds. The van der Waals surface area contributed by atoms with E-state index < -0.39 is 10.0 Å². The van der Waals surface area contributed by atoms with E-state index in [9.17, 15) is 13.2 Å². The van der Waals surface area contributed by atoms with Crippen molar-refractivity contribution in [3.05, 3.63) is 78.4 Å². The fourth-order valence-electron chi connectivity index (χ4n) is 3.89. The maximum absolute atomic E-state index is 12.7. The Labute approximate surface area is 186 Å². The van der Waals surface area contributed by atoms with Crippen molar-refractivity contribution in [2.45, 2.75) is 17.7 Å². The number of nitrogens with one attached hydrogen (secondary N) is 2. The van der Waals surface area contributed by atoms with Crippen LogP contribution in [0.25, 0.3) is 22.4 Å². The van der Waals surface area contributed by atoms with Gasteiger partial charge in [-0.05, 0) is 61.4 Å². The molecule has 0 spiro atoms. The van der Waals surface area contributed by atoms with Crippen molar-refractivity contribution in [3.63, 3.8) is 0 Å². The lowest BCUT2D eigenvalue weighted by molar-refractivity contribution is 0.102. The lowest BCUT2D eigenvalue weighted by Crippen LogP contribution is -2.27. The first-order valence-electron chi connectivity index (χ1n) is 10.5. The topological polar surface area (TPSA) is 95.2 Å². The van der Waals surface area contributed by atoms with Crippen molar-refractivity contribution >= 4 is 32.7 Å². The minimum absolute atomic E-state index is 0.211. The van der Waals surface area contributed by atoms with Crippen LogP contribution in [0.2, 0.25) is 0 Å². The first-order valence-corrected chi connectivity index (χ1v) is 11.9. The number of H-pyrrole nitrogens is 1. The maximum Gasteiger partial charge on any atom is 0.255 e. The molecule has 2 heterocycles. The molecule has 1 aliphatic heterocycles. The monoisotopic (exact) mass is 446 g/mol. The zero-order valence-electron chi connectivity index (χ0n) is 17.3. The number of carbonyl (C=O) groups excluding carboxylic acids is 1. The molecule has 0 atom stereocenters. The number of hydrogen-bond acceptors (Lipinski definition) is 4. The molecule has 4 aromatic rings. The predicted octanol–water partition coefficient (Wildman–Crippen LogP) is 4.27. The van der Waals surface area contributed by atoms with E-state index >= 15 is 0 Å². The molecule has 162 valence electrons. The summed E-state index contributed by atoms with van der Waals surface area (Å²) in [6, 6.07) is 21.3. The average Bonchev–Trinajstić information content (AvgIpc) is 3.50. The molecule has 3 aromatic carbocycles. The van der Waals surface area contributed by atoms with E-state index in [0.29, 0.717) is 24.3 Å². The van der Waals surface area contributed by atoms with Gasteiger partial charge in [0.15, 0.2) is 0 Å². The number of amides is 1. The Balaban J connectivity index is 1.33. The van der Waals surface area contributed by atoms with Crippen LogP contribution in [0.5, 0.6) is 0 Å². The number of nitrogens with zero attached hydrogens (tertiary/aromatic N) is 2. The van der Waals surface area contributed by atoms with Gasteiger partial charge in [-0.1, -0.05) is 24.3 Å². The number of aromatic nitrogens is 2. The molecule has 2 N–H and O–H groups in total. The zero-order chi connectivity index (χ0) is 22.1. The first kappa shape index (κ1) is 20.4. The Morgan fingerprint density at radius 2 is 1.69 bits per heavy atom. The highest BCUT2D eigenvalue weighted by atomic mass is 32.2. The summed E-state index contributed by atoms with van der Waals surface area (Å²) < 4.78 is 26.8. The Kier molecular flexibility index (Phi) is 5.24. The third kappa shape index (κ3) is 3.90. The van der Waals surface area contributed by atoms with Gasteiger partial charge in [0, 0.05) is 29.9 Å². The molecule has 8 heteroatoms. The number of sulfonamides is 1. The van der Waals surface area contributed by atoms with Gasteiger partial charge in [0.05, 0.1) is 15.9 Å². The van der Waals surface area contributed by atoms with Gasteiger partial charge in [-0.15, -0.1) is 0 Å². The van der Waals surface area contributed by atoms with E-state index in [1.165, 1.54) is 16.4 Å². The van der Waals surface area contributed by atoms with Gasteiger partial charge in [-0.25, -0.2) is 13.4 Å². The summed E-state index contributed by atoms with van der Waals surface area (Å²) in [5.74, 6) is 0.413. The summed E-state index contributed by atoms with van der Waals surface area (Å²) in [4.78, 5) is 20.8. The summed E-state index contributed by atoms with van der Waals surface area (Å²) >= 11 is 0. The number of aromatic amines is 1. The number of rotatable bonds is 5. The van der Waals surface area contributed by atoms with Crippen molar-refractivity contribution in [1.82, 2.24) is 14.3 Å². The predicted molar refractivity (Wildman–Crippen MR) is 124 cm³/mol. The highest BCUT2D eigenvalue weighted by molar-refractivity contribution is 7.89. The normalized spacial score (nSPS) is 14.6. The number of anilines is 1. The molecule has 0 unspecified atom stereocenters. The minimum Gasteiger partial charge on any atom is -0.338 e. The number of hydrogen-bond donors (Lipinski definition) is 2. The fourth-order valence-corrected chi connectivity index (χ4v) is 5.41.